The second-order valence-corrected chi connectivity index (χ2v) is 5.83. The van der Waals surface area contributed by atoms with Gasteiger partial charge in [0.05, 0.1) is 5.56 Å². The van der Waals surface area contributed by atoms with Crippen LogP contribution in [-0.2, 0) is 0 Å². The minimum Gasteiger partial charge on any atom is -0.398 e. The van der Waals surface area contributed by atoms with Crippen molar-refractivity contribution in [3.63, 3.8) is 0 Å². The summed E-state index contributed by atoms with van der Waals surface area (Å²) in [4.78, 5) is 16.9. The van der Waals surface area contributed by atoms with E-state index in [0.29, 0.717) is 17.3 Å². The van der Waals surface area contributed by atoms with Gasteiger partial charge in [0.1, 0.15) is 0 Å². The number of anilines is 1. The third kappa shape index (κ3) is 3.51. The second-order valence-electron chi connectivity index (χ2n) is 5.83. The Hall–Kier alpha value is -1.55. The highest BCUT2D eigenvalue weighted by Crippen LogP contribution is 2.26. The van der Waals surface area contributed by atoms with E-state index in [4.69, 9.17) is 5.73 Å². The standard InChI is InChI=1S/C16H25N3O/c1-18(2)11-12-19(13-7-3-4-8-13)16(20)14-9-5-6-10-15(14)17/h5-6,9-10,13H,3-4,7-8,11-12,17H2,1-2H3. The predicted octanol–water partition coefficient (Wildman–Crippen LogP) is 2.22. The zero-order valence-corrected chi connectivity index (χ0v) is 12.5. The Balaban J connectivity index is 2.16. The molecule has 0 saturated heterocycles. The lowest BCUT2D eigenvalue weighted by atomic mass is 10.1. The van der Waals surface area contributed by atoms with E-state index in [9.17, 15) is 4.79 Å². The summed E-state index contributed by atoms with van der Waals surface area (Å²) < 4.78 is 0. The Bertz CT molecular complexity index is 453. The van der Waals surface area contributed by atoms with E-state index in [1.165, 1.54) is 12.8 Å². The number of rotatable bonds is 5. The molecule has 1 amide bonds. The van der Waals surface area contributed by atoms with E-state index in [1.807, 2.05) is 37.2 Å². The highest BCUT2D eigenvalue weighted by molar-refractivity contribution is 5.99. The van der Waals surface area contributed by atoms with Gasteiger partial charge in [0.15, 0.2) is 0 Å². The molecule has 0 atom stereocenters. The number of amides is 1. The van der Waals surface area contributed by atoms with Gasteiger partial charge >= 0.3 is 0 Å². The average molecular weight is 275 g/mol. The number of carbonyl (C=O) groups excluding carboxylic acids is 1. The third-order valence-corrected chi connectivity index (χ3v) is 4.01. The van der Waals surface area contributed by atoms with Crippen molar-refractivity contribution in [3.8, 4) is 0 Å². The smallest absolute Gasteiger partial charge is 0.256 e. The van der Waals surface area contributed by atoms with Crippen LogP contribution in [0.15, 0.2) is 24.3 Å². The number of benzene rings is 1. The first kappa shape index (κ1) is 14.9. The molecular weight excluding hydrogens is 250 g/mol. The Morgan fingerprint density at radius 1 is 1.20 bits per heavy atom. The van der Waals surface area contributed by atoms with Crippen LogP contribution in [0, 0.1) is 0 Å². The quantitative estimate of drug-likeness (QED) is 0.838. The number of nitrogen functional groups attached to an aromatic ring is 1. The molecule has 1 aliphatic carbocycles. The van der Waals surface area contributed by atoms with Gasteiger partial charge in [0.25, 0.3) is 5.91 Å². The van der Waals surface area contributed by atoms with E-state index >= 15 is 0 Å². The number of likely N-dealkylation sites (N-methyl/N-ethyl adjacent to an activating group) is 1. The van der Waals surface area contributed by atoms with Crippen LogP contribution < -0.4 is 5.73 Å². The van der Waals surface area contributed by atoms with Crippen molar-refractivity contribution in [1.29, 1.82) is 0 Å². The summed E-state index contributed by atoms with van der Waals surface area (Å²) in [6.07, 6.45) is 4.68. The van der Waals surface area contributed by atoms with E-state index < -0.39 is 0 Å². The van der Waals surface area contributed by atoms with Gasteiger partial charge in [-0.1, -0.05) is 25.0 Å². The molecule has 2 rings (SSSR count). The zero-order chi connectivity index (χ0) is 14.5. The first-order valence-electron chi connectivity index (χ1n) is 7.40. The van der Waals surface area contributed by atoms with Crippen molar-refractivity contribution in [2.75, 3.05) is 32.9 Å². The maximum atomic E-state index is 12.8. The maximum absolute atomic E-state index is 12.8. The van der Waals surface area contributed by atoms with Crippen molar-refractivity contribution in [1.82, 2.24) is 9.80 Å². The van der Waals surface area contributed by atoms with Gasteiger partial charge in [-0.3, -0.25) is 4.79 Å². The van der Waals surface area contributed by atoms with Crippen LogP contribution in [0.2, 0.25) is 0 Å². The molecule has 1 aromatic rings. The van der Waals surface area contributed by atoms with Crippen LogP contribution >= 0.6 is 0 Å². The molecule has 0 unspecified atom stereocenters. The number of hydrogen-bond donors (Lipinski definition) is 1. The van der Waals surface area contributed by atoms with Gasteiger partial charge in [0, 0.05) is 24.8 Å². The highest BCUT2D eigenvalue weighted by atomic mass is 16.2. The van der Waals surface area contributed by atoms with Crippen LogP contribution in [-0.4, -0.2) is 48.9 Å². The first-order chi connectivity index (χ1) is 9.59. The normalized spacial score (nSPS) is 15.8. The van der Waals surface area contributed by atoms with Gasteiger partial charge in [-0.25, -0.2) is 0 Å². The second kappa shape index (κ2) is 6.75. The van der Waals surface area contributed by atoms with Gasteiger partial charge in [-0.15, -0.1) is 0 Å². The zero-order valence-electron chi connectivity index (χ0n) is 12.5. The van der Waals surface area contributed by atoms with Gasteiger partial charge in [0.2, 0.25) is 0 Å². The summed E-state index contributed by atoms with van der Waals surface area (Å²) in [6.45, 7) is 1.65. The lowest BCUT2D eigenvalue weighted by Crippen LogP contribution is -2.42. The average Bonchev–Trinajstić information content (AvgIpc) is 2.93. The molecule has 110 valence electrons. The molecule has 0 radical (unpaired) electrons. The summed E-state index contributed by atoms with van der Waals surface area (Å²) in [6, 6.07) is 7.75. The molecule has 1 fully saturated rings. The van der Waals surface area contributed by atoms with Gasteiger partial charge in [-0.05, 0) is 39.1 Å². The SMILES string of the molecule is CN(C)CCN(C(=O)c1ccccc1N)C1CCCC1. The predicted molar refractivity (Wildman–Crippen MR) is 82.7 cm³/mol. The molecule has 1 aliphatic rings. The summed E-state index contributed by atoms with van der Waals surface area (Å²) in [5.74, 6) is 0.0804. The summed E-state index contributed by atoms with van der Waals surface area (Å²) in [5.41, 5.74) is 7.17. The fourth-order valence-corrected chi connectivity index (χ4v) is 2.82. The van der Waals surface area contributed by atoms with Crippen LogP contribution in [0.1, 0.15) is 36.0 Å². The Kier molecular flexibility index (Phi) is 5.01. The molecule has 4 heteroatoms. The molecule has 0 aromatic heterocycles. The van der Waals surface area contributed by atoms with Crippen molar-refractivity contribution in [3.05, 3.63) is 29.8 Å². The van der Waals surface area contributed by atoms with Crippen LogP contribution in [0.5, 0.6) is 0 Å². The summed E-state index contributed by atoms with van der Waals surface area (Å²) in [7, 11) is 4.07. The summed E-state index contributed by atoms with van der Waals surface area (Å²) >= 11 is 0. The number of nitrogens with two attached hydrogens (primary N) is 1. The number of para-hydroxylation sites is 1. The molecule has 0 aliphatic heterocycles. The molecule has 1 aromatic carbocycles. The first-order valence-corrected chi connectivity index (χ1v) is 7.40. The lowest BCUT2D eigenvalue weighted by Gasteiger charge is -2.30. The minimum atomic E-state index is 0.0804. The molecular formula is C16H25N3O. The number of carbonyl (C=O) groups is 1. The van der Waals surface area contributed by atoms with Crippen molar-refractivity contribution < 1.29 is 4.79 Å². The Labute approximate surface area is 121 Å². The van der Waals surface area contributed by atoms with E-state index in [1.54, 1.807) is 6.07 Å². The molecule has 0 spiro atoms. The van der Waals surface area contributed by atoms with E-state index in [0.717, 1.165) is 25.9 Å². The van der Waals surface area contributed by atoms with Crippen molar-refractivity contribution in [2.45, 2.75) is 31.7 Å². The fourth-order valence-electron chi connectivity index (χ4n) is 2.82. The van der Waals surface area contributed by atoms with Gasteiger partial charge in [-0.2, -0.15) is 0 Å². The number of nitrogens with zero attached hydrogens (tertiary/aromatic N) is 2. The van der Waals surface area contributed by atoms with E-state index in [-0.39, 0.29) is 5.91 Å². The number of hydrogen-bond acceptors (Lipinski definition) is 3. The monoisotopic (exact) mass is 275 g/mol. The van der Waals surface area contributed by atoms with Crippen molar-refractivity contribution >= 4 is 11.6 Å². The molecule has 1 saturated carbocycles. The maximum Gasteiger partial charge on any atom is 0.256 e. The van der Waals surface area contributed by atoms with Gasteiger partial charge < -0.3 is 15.5 Å². The van der Waals surface area contributed by atoms with Crippen LogP contribution in [0.4, 0.5) is 5.69 Å². The van der Waals surface area contributed by atoms with Crippen LogP contribution in [0.25, 0.3) is 0 Å². The molecule has 2 N–H and O–H groups in total. The summed E-state index contributed by atoms with van der Waals surface area (Å²) in [5, 5.41) is 0. The molecule has 4 nitrogen and oxygen atoms in total. The third-order valence-electron chi connectivity index (χ3n) is 4.01. The van der Waals surface area contributed by atoms with Crippen molar-refractivity contribution in [2.24, 2.45) is 0 Å². The topological polar surface area (TPSA) is 49.6 Å². The molecule has 20 heavy (non-hydrogen) atoms. The lowest BCUT2D eigenvalue weighted by molar-refractivity contribution is 0.0669. The Morgan fingerprint density at radius 3 is 2.45 bits per heavy atom. The largest absolute Gasteiger partial charge is 0.398 e. The van der Waals surface area contributed by atoms with Crippen LogP contribution in [0.3, 0.4) is 0 Å². The Morgan fingerprint density at radius 2 is 1.85 bits per heavy atom. The minimum absolute atomic E-state index is 0.0804. The van der Waals surface area contributed by atoms with E-state index in [2.05, 4.69) is 4.90 Å². The molecule has 0 heterocycles. The highest BCUT2D eigenvalue weighted by Gasteiger charge is 2.27. The fraction of sp³-hybridized carbons (Fsp3) is 0.562. The molecule has 0 bridgehead atoms.